The lowest BCUT2D eigenvalue weighted by molar-refractivity contribution is -0.134. The van der Waals surface area contributed by atoms with Gasteiger partial charge in [-0.3, -0.25) is 4.79 Å². The Bertz CT molecular complexity index is 1100. The molecule has 1 amide bonds. The highest BCUT2D eigenvalue weighted by Crippen LogP contribution is 2.23. The number of hydrogen-bond donors (Lipinski definition) is 1. The maximum atomic E-state index is 12.5. The Morgan fingerprint density at radius 2 is 1.83 bits per heavy atom. The Labute approximate surface area is 180 Å². The third-order valence-electron chi connectivity index (χ3n) is 5.68. The van der Waals surface area contributed by atoms with Gasteiger partial charge in [0.25, 0.3) is 5.91 Å². The molecule has 0 atom stereocenters. The maximum Gasteiger partial charge on any atom is 0.338 e. The van der Waals surface area contributed by atoms with Crippen molar-refractivity contribution in [3.63, 3.8) is 0 Å². The van der Waals surface area contributed by atoms with Crippen LogP contribution in [0.15, 0.2) is 42.5 Å². The summed E-state index contributed by atoms with van der Waals surface area (Å²) in [4.78, 5) is 32.1. The highest BCUT2D eigenvalue weighted by atomic mass is 35.5. The van der Waals surface area contributed by atoms with Gasteiger partial charge in [-0.2, -0.15) is 0 Å². The number of carbonyl (C=O) groups excluding carboxylic acids is 2. The molecule has 0 saturated carbocycles. The molecule has 1 aromatic heterocycles. The number of amides is 1. The zero-order chi connectivity index (χ0) is 21.3. The van der Waals surface area contributed by atoms with Gasteiger partial charge >= 0.3 is 5.97 Å². The molecule has 1 saturated heterocycles. The van der Waals surface area contributed by atoms with E-state index in [0.717, 1.165) is 27.8 Å². The number of benzene rings is 2. The standard InChI is InChI=1S/C23H24ClN3O3/c1-15-16(2)25-21-7-6-17(12-20(15)21)23(29)30-14-22(28)27-10-8-26(9-11-27)19-5-3-4-18(24)13-19/h3-7,12-13,25H,8-11,14H2,1-2H3. The van der Waals surface area contributed by atoms with Crippen molar-refractivity contribution in [2.24, 2.45) is 0 Å². The third-order valence-corrected chi connectivity index (χ3v) is 5.91. The largest absolute Gasteiger partial charge is 0.452 e. The van der Waals surface area contributed by atoms with Gasteiger partial charge in [-0.05, 0) is 55.8 Å². The lowest BCUT2D eigenvalue weighted by Crippen LogP contribution is -2.49. The highest BCUT2D eigenvalue weighted by Gasteiger charge is 2.22. The second-order valence-electron chi connectivity index (χ2n) is 7.56. The quantitative estimate of drug-likeness (QED) is 0.643. The lowest BCUT2D eigenvalue weighted by Gasteiger charge is -2.36. The number of hydrogen-bond acceptors (Lipinski definition) is 4. The Morgan fingerprint density at radius 3 is 2.57 bits per heavy atom. The summed E-state index contributed by atoms with van der Waals surface area (Å²) in [5.74, 6) is -0.662. The number of rotatable bonds is 4. The number of aryl methyl sites for hydroxylation is 2. The lowest BCUT2D eigenvalue weighted by atomic mass is 10.1. The average Bonchev–Trinajstić information content (AvgIpc) is 3.05. The predicted octanol–water partition coefficient (Wildman–Crippen LogP) is 3.94. The molecule has 156 valence electrons. The summed E-state index contributed by atoms with van der Waals surface area (Å²) in [6.07, 6.45) is 0. The Kier molecular flexibility index (Phi) is 5.68. The van der Waals surface area contributed by atoms with E-state index in [0.29, 0.717) is 36.8 Å². The zero-order valence-corrected chi connectivity index (χ0v) is 17.8. The summed E-state index contributed by atoms with van der Waals surface area (Å²) in [6, 6.07) is 13.1. The van der Waals surface area contributed by atoms with Crippen LogP contribution in [0.5, 0.6) is 0 Å². The molecule has 6 nitrogen and oxygen atoms in total. The molecule has 2 heterocycles. The van der Waals surface area contributed by atoms with Crippen molar-refractivity contribution in [2.75, 3.05) is 37.7 Å². The Hall–Kier alpha value is -2.99. The molecule has 1 N–H and O–H groups in total. The fourth-order valence-corrected chi connectivity index (χ4v) is 3.96. The number of piperazine rings is 1. The van der Waals surface area contributed by atoms with E-state index in [1.807, 2.05) is 50.2 Å². The number of ether oxygens (including phenoxy) is 1. The summed E-state index contributed by atoms with van der Waals surface area (Å²) < 4.78 is 5.29. The van der Waals surface area contributed by atoms with Gasteiger partial charge in [0.05, 0.1) is 5.56 Å². The maximum absolute atomic E-state index is 12.5. The highest BCUT2D eigenvalue weighted by molar-refractivity contribution is 6.30. The van der Waals surface area contributed by atoms with Crippen LogP contribution in [0.1, 0.15) is 21.6 Å². The van der Waals surface area contributed by atoms with Crippen molar-refractivity contribution in [2.45, 2.75) is 13.8 Å². The summed E-state index contributed by atoms with van der Waals surface area (Å²) in [5.41, 5.74) is 4.65. The van der Waals surface area contributed by atoms with Crippen LogP contribution in [0, 0.1) is 13.8 Å². The van der Waals surface area contributed by atoms with Crippen LogP contribution in [0.3, 0.4) is 0 Å². The number of nitrogens with one attached hydrogen (secondary N) is 1. The Morgan fingerprint density at radius 1 is 1.07 bits per heavy atom. The number of H-pyrrole nitrogens is 1. The molecule has 1 aliphatic rings. The van der Waals surface area contributed by atoms with Crippen LogP contribution in [-0.2, 0) is 9.53 Å². The zero-order valence-electron chi connectivity index (χ0n) is 17.1. The number of esters is 1. The first-order chi connectivity index (χ1) is 14.4. The van der Waals surface area contributed by atoms with Gasteiger partial charge in [-0.1, -0.05) is 17.7 Å². The second-order valence-corrected chi connectivity index (χ2v) is 8.00. The van der Waals surface area contributed by atoms with E-state index in [1.54, 1.807) is 11.0 Å². The minimum atomic E-state index is -0.485. The Balaban J connectivity index is 1.31. The number of anilines is 1. The van der Waals surface area contributed by atoms with Crippen LogP contribution >= 0.6 is 11.6 Å². The molecule has 2 aromatic carbocycles. The molecule has 1 aliphatic heterocycles. The van der Waals surface area contributed by atoms with Crippen LogP contribution < -0.4 is 4.90 Å². The average molecular weight is 426 g/mol. The SMILES string of the molecule is Cc1[nH]c2ccc(C(=O)OCC(=O)N3CCN(c4cccc(Cl)c4)CC3)cc2c1C. The van der Waals surface area contributed by atoms with Crippen molar-refractivity contribution in [1.82, 2.24) is 9.88 Å². The van der Waals surface area contributed by atoms with Crippen LogP contribution in [0.25, 0.3) is 10.9 Å². The smallest absolute Gasteiger partial charge is 0.338 e. The van der Waals surface area contributed by atoms with Crippen LogP contribution in [-0.4, -0.2) is 54.5 Å². The molecule has 30 heavy (non-hydrogen) atoms. The molecule has 7 heteroatoms. The number of carbonyl (C=O) groups is 2. The molecule has 4 rings (SSSR count). The van der Waals surface area contributed by atoms with E-state index in [1.165, 1.54) is 0 Å². The minimum absolute atomic E-state index is 0.177. The molecular formula is C23H24ClN3O3. The first kappa shape index (κ1) is 20.3. The molecule has 1 fully saturated rings. The third kappa shape index (κ3) is 4.14. The van der Waals surface area contributed by atoms with Crippen molar-refractivity contribution in [3.05, 3.63) is 64.3 Å². The van der Waals surface area contributed by atoms with Gasteiger partial charge in [0, 0.05) is 53.5 Å². The topological polar surface area (TPSA) is 65.6 Å². The van der Waals surface area contributed by atoms with Crippen molar-refractivity contribution < 1.29 is 14.3 Å². The molecular weight excluding hydrogens is 402 g/mol. The van der Waals surface area contributed by atoms with E-state index >= 15 is 0 Å². The monoisotopic (exact) mass is 425 g/mol. The summed E-state index contributed by atoms with van der Waals surface area (Å²) >= 11 is 6.07. The molecule has 0 spiro atoms. The summed E-state index contributed by atoms with van der Waals surface area (Å²) in [6.45, 7) is 6.34. The number of fused-ring (bicyclic) bond motifs is 1. The van der Waals surface area contributed by atoms with Crippen molar-refractivity contribution in [3.8, 4) is 0 Å². The van der Waals surface area contributed by atoms with E-state index in [4.69, 9.17) is 16.3 Å². The van der Waals surface area contributed by atoms with E-state index in [-0.39, 0.29) is 12.5 Å². The number of halogens is 1. The molecule has 0 radical (unpaired) electrons. The van der Waals surface area contributed by atoms with Crippen LogP contribution in [0.2, 0.25) is 5.02 Å². The summed E-state index contributed by atoms with van der Waals surface area (Å²) in [7, 11) is 0. The van der Waals surface area contributed by atoms with Crippen molar-refractivity contribution >= 4 is 40.1 Å². The number of aromatic amines is 1. The van der Waals surface area contributed by atoms with Gasteiger partial charge in [0.2, 0.25) is 0 Å². The fourth-order valence-electron chi connectivity index (χ4n) is 3.78. The van der Waals surface area contributed by atoms with E-state index in [9.17, 15) is 9.59 Å². The number of nitrogens with zero attached hydrogens (tertiary/aromatic N) is 2. The second kappa shape index (κ2) is 8.40. The molecule has 3 aromatic rings. The summed E-state index contributed by atoms with van der Waals surface area (Å²) in [5, 5.41) is 1.69. The van der Waals surface area contributed by atoms with Crippen molar-refractivity contribution in [1.29, 1.82) is 0 Å². The van der Waals surface area contributed by atoms with Gasteiger partial charge in [-0.25, -0.2) is 4.79 Å². The fraction of sp³-hybridized carbons (Fsp3) is 0.304. The minimum Gasteiger partial charge on any atom is -0.452 e. The van der Waals surface area contributed by atoms with Gasteiger partial charge < -0.3 is 19.5 Å². The van der Waals surface area contributed by atoms with Gasteiger partial charge in [0.1, 0.15) is 0 Å². The van der Waals surface area contributed by atoms with E-state index in [2.05, 4.69) is 9.88 Å². The normalized spacial score (nSPS) is 14.2. The first-order valence-electron chi connectivity index (χ1n) is 9.97. The molecule has 0 bridgehead atoms. The first-order valence-corrected chi connectivity index (χ1v) is 10.3. The van der Waals surface area contributed by atoms with Crippen LogP contribution in [0.4, 0.5) is 5.69 Å². The molecule has 0 unspecified atom stereocenters. The van der Waals surface area contributed by atoms with E-state index < -0.39 is 5.97 Å². The van der Waals surface area contributed by atoms with Gasteiger partial charge in [0.15, 0.2) is 6.61 Å². The molecule has 0 aliphatic carbocycles. The number of aromatic nitrogens is 1. The van der Waals surface area contributed by atoms with Gasteiger partial charge in [-0.15, -0.1) is 0 Å². The predicted molar refractivity (Wildman–Crippen MR) is 118 cm³/mol.